The predicted molar refractivity (Wildman–Crippen MR) is 117 cm³/mol. The van der Waals surface area contributed by atoms with Crippen molar-refractivity contribution in [1.82, 2.24) is 35.4 Å². The molecule has 0 aliphatic rings. The van der Waals surface area contributed by atoms with E-state index in [-0.39, 0.29) is 31.3 Å². The molecule has 0 aliphatic heterocycles. The number of rotatable bonds is 8. The topological polar surface area (TPSA) is 158 Å². The number of ether oxygens (including phenoxy) is 1. The van der Waals surface area contributed by atoms with Crippen LogP contribution in [0.1, 0.15) is 12.0 Å². The molecule has 33 heavy (non-hydrogen) atoms. The summed E-state index contributed by atoms with van der Waals surface area (Å²) in [4.78, 5) is 16.0. The number of H-pyrrole nitrogens is 1. The molecule has 11 nitrogen and oxygen atoms in total. The maximum absolute atomic E-state index is 14.5. The Morgan fingerprint density at radius 2 is 2.15 bits per heavy atom. The largest absolute Gasteiger partial charge is 0.481 e. The number of aromatic amines is 1. The summed E-state index contributed by atoms with van der Waals surface area (Å²) in [6.45, 7) is 1.95. The van der Waals surface area contributed by atoms with Crippen LogP contribution < -0.4 is 10.5 Å². The highest BCUT2D eigenvalue weighted by Gasteiger charge is 2.15. The van der Waals surface area contributed by atoms with Crippen LogP contribution >= 0.6 is 12.4 Å². The van der Waals surface area contributed by atoms with Gasteiger partial charge in [-0.3, -0.25) is 9.89 Å². The lowest BCUT2D eigenvalue weighted by atomic mass is 10.1. The molecule has 0 fully saturated rings. The average Bonchev–Trinajstić information content (AvgIpc) is 3.41. The summed E-state index contributed by atoms with van der Waals surface area (Å²) < 4.78 is 20.1. The van der Waals surface area contributed by atoms with Gasteiger partial charge >= 0.3 is 5.97 Å². The number of carboxylic acids is 1. The Morgan fingerprint density at radius 3 is 2.82 bits per heavy atom. The lowest BCUT2D eigenvalue weighted by molar-refractivity contribution is -0.137. The number of aromatic nitrogens is 7. The molecule has 4 aromatic rings. The molecule has 0 saturated carbocycles. The Kier molecular flexibility index (Phi) is 7.30. The van der Waals surface area contributed by atoms with E-state index in [4.69, 9.17) is 15.6 Å². The first-order valence-corrected chi connectivity index (χ1v) is 9.58. The van der Waals surface area contributed by atoms with Crippen LogP contribution in [0, 0.1) is 12.7 Å². The number of nitrogens with two attached hydrogens (primary N) is 1. The number of carboxylic acid groups (broad SMARTS) is 1. The third kappa shape index (κ3) is 5.67. The third-order valence-electron chi connectivity index (χ3n) is 4.56. The second kappa shape index (κ2) is 10.1. The summed E-state index contributed by atoms with van der Waals surface area (Å²) in [7, 11) is 0. The molecular weight excluding hydrogens is 455 g/mol. The summed E-state index contributed by atoms with van der Waals surface area (Å²) in [6, 6.07) is 7.46. The van der Waals surface area contributed by atoms with Crippen molar-refractivity contribution in [2.45, 2.75) is 25.9 Å². The first kappa shape index (κ1) is 23.8. The van der Waals surface area contributed by atoms with Crippen molar-refractivity contribution in [2.24, 2.45) is 5.73 Å². The molecule has 0 radical (unpaired) electrons. The van der Waals surface area contributed by atoms with Crippen molar-refractivity contribution in [2.75, 3.05) is 0 Å². The fourth-order valence-electron chi connectivity index (χ4n) is 3.05. The quantitative estimate of drug-likeness (QED) is 0.349. The van der Waals surface area contributed by atoms with E-state index in [9.17, 15) is 9.18 Å². The molecule has 0 amide bonds. The molecule has 0 saturated heterocycles. The zero-order valence-electron chi connectivity index (χ0n) is 17.3. The van der Waals surface area contributed by atoms with Crippen molar-refractivity contribution in [3.8, 4) is 34.3 Å². The molecule has 0 unspecified atom stereocenters. The number of nitrogens with one attached hydrogen (secondary N) is 1. The van der Waals surface area contributed by atoms with E-state index in [0.717, 1.165) is 5.56 Å². The number of halogens is 2. The first-order chi connectivity index (χ1) is 15.4. The Hall–Kier alpha value is -3.90. The SMILES string of the molecule is Cc1cc(Oc2ncc(-c3ccn[nH]3)cc2F)ccc1-c1nnn(C[C@@H](N)CC(=O)O)n1.Cl. The molecule has 3 aromatic heterocycles. The highest BCUT2D eigenvalue weighted by molar-refractivity contribution is 5.85. The van der Waals surface area contributed by atoms with Gasteiger partial charge in [0.25, 0.3) is 5.88 Å². The molecule has 4 N–H and O–H groups in total. The van der Waals surface area contributed by atoms with E-state index in [1.165, 1.54) is 17.1 Å². The summed E-state index contributed by atoms with van der Waals surface area (Å²) in [5.74, 6) is -1.02. The summed E-state index contributed by atoms with van der Waals surface area (Å²) in [5.41, 5.74) is 8.42. The van der Waals surface area contributed by atoms with Gasteiger partial charge in [-0.1, -0.05) is 0 Å². The van der Waals surface area contributed by atoms with Gasteiger partial charge in [0.05, 0.1) is 18.7 Å². The molecule has 0 aliphatic carbocycles. The smallest absolute Gasteiger partial charge is 0.304 e. The van der Waals surface area contributed by atoms with Gasteiger partial charge in [0.2, 0.25) is 5.82 Å². The average molecular weight is 475 g/mol. The van der Waals surface area contributed by atoms with E-state index >= 15 is 0 Å². The van der Waals surface area contributed by atoms with Crippen LogP contribution in [-0.2, 0) is 11.3 Å². The number of benzene rings is 1. The minimum absolute atomic E-state index is 0. The number of nitrogens with zero attached hydrogens (tertiary/aromatic N) is 6. The van der Waals surface area contributed by atoms with Gasteiger partial charge in [0.1, 0.15) is 5.75 Å². The summed E-state index contributed by atoms with van der Waals surface area (Å²) in [5, 5.41) is 27.5. The van der Waals surface area contributed by atoms with E-state index in [2.05, 4.69) is 30.6 Å². The van der Waals surface area contributed by atoms with Crippen LogP contribution in [0.15, 0.2) is 42.7 Å². The molecule has 3 heterocycles. The normalized spacial score (nSPS) is 11.6. The zero-order valence-corrected chi connectivity index (χ0v) is 18.2. The Balaban J connectivity index is 0.00000306. The highest BCUT2D eigenvalue weighted by Crippen LogP contribution is 2.29. The third-order valence-corrected chi connectivity index (χ3v) is 4.56. The minimum Gasteiger partial charge on any atom is -0.481 e. The van der Waals surface area contributed by atoms with Gasteiger partial charge in [-0.25, -0.2) is 9.37 Å². The molecular formula is C20H20ClFN8O3. The highest BCUT2D eigenvalue weighted by atomic mass is 35.5. The number of pyridine rings is 1. The Bertz CT molecular complexity index is 1250. The zero-order chi connectivity index (χ0) is 22.7. The minimum atomic E-state index is -0.994. The van der Waals surface area contributed by atoms with E-state index in [0.29, 0.717) is 28.4 Å². The molecule has 1 aromatic carbocycles. The van der Waals surface area contributed by atoms with Crippen LogP contribution in [-0.4, -0.2) is 52.5 Å². The summed E-state index contributed by atoms with van der Waals surface area (Å²) in [6.07, 6.45) is 2.86. The van der Waals surface area contributed by atoms with Crippen molar-refractivity contribution in [3.05, 3.63) is 54.1 Å². The fourth-order valence-corrected chi connectivity index (χ4v) is 3.05. The molecule has 13 heteroatoms. The lowest BCUT2D eigenvalue weighted by Gasteiger charge is -2.09. The van der Waals surface area contributed by atoms with E-state index in [1.54, 1.807) is 30.5 Å². The first-order valence-electron chi connectivity index (χ1n) is 9.58. The Morgan fingerprint density at radius 1 is 1.33 bits per heavy atom. The van der Waals surface area contributed by atoms with Crippen molar-refractivity contribution < 1.29 is 19.0 Å². The maximum atomic E-state index is 14.5. The number of aryl methyl sites for hydroxylation is 1. The number of hydrogen-bond acceptors (Lipinski definition) is 8. The predicted octanol–water partition coefficient (Wildman–Crippen LogP) is 2.59. The van der Waals surface area contributed by atoms with Gasteiger partial charge in [-0.2, -0.15) is 9.90 Å². The standard InChI is InChI=1S/C20H19FN8O3.ClH/c1-11-6-14(32-20-16(21)7-12(9-23-20)17-4-5-24-25-17)2-3-15(11)19-26-28-29(27-19)10-13(22)8-18(30)31;/h2-7,9,13H,8,10,22H2,1H3,(H,24,25)(H,30,31);1H/t13-;/m0./s1. The molecule has 4 rings (SSSR count). The number of aliphatic carboxylic acids is 1. The molecule has 1 atom stereocenters. The second-order valence-corrected chi connectivity index (χ2v) is 7.09. The van der Waals surface area contributed by atoms with E-state index in [1.807, 2.05) is 6.92 Å². The molecule has 0 bridgehead atoms. The van der Waals surface area contributed by atoms with Gasteiger partial charge in [-0.15, -0.1) is 22.6 Å². The van der Waals surface area contributed by atoms with Gasteiger partial charge < -0.3 is 15.6 Å². The summed E-state index contributed by atoms with van der Waals surface area (Å²) >= 11 is 0. The molecule has 172 valence electrons. The van der Waals surface area contributed by atoms with Crippen LogP contribution in [0.3, 0.4) is 0 Å². The maximum Gasteiger partial charge on any atom is 0.304 e. The number of hydrogen-bond donors (Lipinski definition) is 3. The van der Waals surface area contributed by atoms with Crippen LogP contribution in [0.2, 0.25) is 0 Å². The lowest BCUT2D eigenvalue weighted by Crippen LogP contribution is -2.30. The van der Waals surface area contributed by atoms with Crippen LogP contribution in [0.25, 0.3) is 22.6 Å². The van der Waals surface area contributed by atoms with Gasteiger partial charge in [-0.05, 0) is 48.0 Å². The van der Waals surface area contributed by atoms with Gasteiger partial charge in [0.15, 0.2) is 5.82 Å². The van der Waals surface area contributed by atoms with Crippen molar-refractivity contribution in [1.29, 1.82) is 0 Å². The monoisotopic (exact) mass is 474 g/mol. The van der Waals surface area contributed by atoms with Gasteiger partial charge in [0, 0.05) is 29.6 Å². The van der Waals surface area contributed by atoms with Crippen molar-refractivity contribution >= 4 is 18.4 Å². The van der Waals surface area contributed by atoms with Crippen LogP contribution in [0.4, 0.5) is 4.39 Å². The van der Waals surface area contributed by atoms with Crippen LogP contribution in [0.5, 0.6) is 11.6 Å². The number of tetrazole rings is 1. The Labute approximate surface area is 193 Å². The number of carbonyl (C=O) groups is 1. The fraction of sp³-hybridized carbons (Fsp3) is 0.200. The van der Waals surface area contributed by atoms with Crippen molar-refractivity contribution in [3.63, 3.8) is 0 Å². The second-order valence-electron chi connectivity index (χ2n) is 7.09. The van der Waals surface area contributed by atoms with E-state index < -0.39 is 17.8 Å². The molecule has 0 spiro atoms.